The van der Waals surface area contributed by atoms with Gasteiger partial charge in [-0.3, -0.25) is 5.43 Å². The molecular weight excluding hydrogens is 140 g/mol. The van der Waals surface area contributed by atoms with E-state index in [0.29, 0.717) is 0 Å². The SMILES string of the molecule is CC1(C(=O)O)NN=CS1. The summed E-state index contributed by atoms with van der Waals surface area (Å²) in [5.74, 6) is -0.898. The molecule has 0 aromatic heterocycles. The summed E-state index contributed by atoms with van der Waals surface area (Å²) in [5.41, 5.74) is 3.95. The van der Waals surface area contributed by atoms with E-state index in [9.17, 15) is 4.79 Å². The van der Waals surface area contributed by atoms with E-state index in [1.54, 1.807) is 6.92 Å². The Morgan fingerprint density at radius 3 is 2.89 bits per heavy atom. The van der Waals surface area contributed by atoms with Gasteiger partial charge < -0.3 is 5.11 Å². The number of hydrazone groups is 1. The van der Waals surface area contributed by atoms with E-state index in [1.165, 1.54) is 5.55 Å². The monoisotopic (exact) mass is 146 g/mol. The summed E-state index contributed by atoms with van der Waals surface area (Å²) >= 11 is 1.15. The van der Waals surface area contributed by atoms with Crippen LogP contribution in [0.1, 0.15) is 6.92 Å². The van der Waals surface area contributed by atoms with Crippen LogP contribution in [0.4, 0.5) is 0 Å². The first-order valence-electron chi connectivity index (χ1n) is 2.35. The third kappa shape index (κ3) is 0.999. The van der Waals surface area contributed by atoms with Crippen LogP contribution >= 0.6 is 11.8 Å². The minimum atomic E-state index is -0.944. The van der Waals surface area contributed by atoms with Crippen LogP contribution in [0.5, 0.6) is 0 Å². The molecule has 0 aromatic rings. The number of rotatable bonds is 1. The van der Waals surface area contributed by atoms with E-state index in [4.69, 9.17) is 5.11 Å². The van der Waals surface area contributed by atoms with Gasteiger partial charge in [-0.25, -0.2) is 4.79 Å². The quantitative estimate of drug-likeness (QED) is 0.549. The second kappa shape index (κ2) is 1.91. The first-order valence-corrected chi connectivity index (χ1v) is 3.23. The smallest absolute Gasteiger partial charge is 0.341 e. The molecule has 0 saturated carbocycles. The van der Waals surface area contributed by atoms with E-state index in [1.807, 2.05) is 0 Å². The molecule has 1 unspecified atom stereocenters. The molecule has 4 nitrogen and oxygen atoms in total. The number of hydrogen-bond acceptors (Lipinski definition) is 4. The van der Waals surface area contributed by atoms with Gasteiger partial charge in [-0.2, -0.15) is 5.10 Å². The van der Waals surface area contributed by atoms with Crippen molar-refractivity contribution in [2.45, 2.75) is 11.8 Å². The average molecular weight is 146 g/mol. The summed E-state index contributed by atoms with van der Waals surface area (Å²) in [5, 5.41) is 12.1. The second-order valence-electron chi connectivity index (χ2n) is 1.80. The van der Waals surface area contributed by atoms with Crippen LogP contribution in [-0.2, 0) is 4.79 Å². The maximum atomic E-state index is 10.4. The summed E-state index contributed by atoms with van der Waals surface area (Å²) in [4.78, 5) is 9.42. The van der Waals surface area contributed by atoms with Crippen molar-refractivity contribution in [3.8, 4) is 0 Å². The highest BCUT2D eigenvalue weighted by Gasteiger charge is 2.35. The zero-order valence-corrected chi connectivity index (χ0v) is 5.60. The van der Waals surface area contributed by atoms with Gasteiger partial charge in [0, 0.05) is 0 Å². The molecule has 0 fully saturated rings. The molecule has 1 rings (SSSR count). The zero-order valence-electron chi connectivity index (χ0n) is 4.79. The Morgan fingerprint density at radius 1 is 2.00 bits per heavy atom. The first-order chi connectivity index (χ1) is 4.15. The van der Waals surface area contributed by atoms with Gasteiger partial charge in [0.1, 0.15) is 0 Å². The standard InChI is InChI=1S/C4H6N2O2S/c1-4(3(7)8)6-5-2-9-4/h2,6H,1H3,(H,7,8). The number of hydrogen-bond donors (Lipinski definition) is 2. The van der Waals surface area contributed by atoms with Gasteiger partial charge in [-0.15, -0.1) is 0 Å². The lowest BCUT2D eigenvalue weighted by atomic mass is 10.4. The van der Waals surface area contributed by atoms with Crippen molar-refractivity contribution in [1.82, 2.24) is 5.43 Å². The van der Waals surface area contributed by atoms with Crippen molar-refractivity contribution >= 4 is 23.3 Å². The number of nitrogens with zero attached hydrogens (tertiary/aromatic N) is 1. The summed E-state index contributed by atoms with van der Waals surface area (Å²) in [6.07, 6.45) is 0. The number of aliphatic carboxylic acids is 1. The number of nitrogens with one attached hydrogen (secondary N) is 1. The highest BCUT2D eigenvalue weighted by molar-refractivity contribution is 8.14. The fourth-order valence-electron chi connectivity index (χ4n) is 0.406. The third-order valence-corrected chi connectivity index (χ3v) is 1.98. The molecule has 0 aliphatic carbocycles. The van der Waals surface area contributed by atoms with Crippen molar-refractivity contribution in [2.75, 3.05) is 0 Å². The number of carbonyl (C=O) groups is 1. The Hall–Kier alpha value is -0.710. The van der Waals surface area contributed by atoms with Crippen LogP contribution in [0.2, 0.25) is 0 Å². The van der Waals surface area contributed by atoms with Crippen LogP contribution in [0.25, 0.3) is 0 Å². The van der Waals surface area contributed by atoms with E-state index >= 15 is 0 Å². The van der Waals surface area contributed by atoms with Crippen LogP contribution in [0, 0.1) is 0 Å². The lowest BCUT2D eigenvalue weighted by Gasteiger charge is -2.14. The molecule has 0 spiro atoms. The van der Waals surface area contributed by atoms with Gasteiger partial charge in [0.25, 0.3) is 0 Å². The van der Waals surface area contributed by atoms with Gasteiger partial charge in [0.15, 0.2) is 4.87 Å². The van der Waals surface area contributed by atoms with Crippen molar-refractivity contribution in [1.29, 1.82) is 0 Å². The highest BCUT2D eigenvalue weighted by Crippen LogP contribution is 2.23. The molecule has 50 valence electrons. The van der Waals surface area contributed by atoms with Crippen LogP contribution < -0.4 is 5.43 Å². The highest BCUT2D eigenvalue weighted by atomic mass is 32.2. The van der Waals surface area contributed by atoms with E-state index in [2.05, 4.69) is 10.5 Å². The van der Waals surface area contributed by atoms with Gasteiger partial charge >= 0.3 is 5.97 Å². The molecule has 1 aliphatic heterocycles. The normalized spacial score (nSPS) is 32.1. The summed E-state index contributed by atoms with van der Waals surface area (Å²) in [6.45, 7) is 1.56. The van der Waals surface area contributed by atoms with E-state index in [-0.39, 0.29) is 0 Å². The van der Waals surface area contributed by atoms with Crippen molar-refractivity contribution in [3.05, 3.63) is 0 Å². The molecule has 0 bridgehead atoms. The van der Waals surface area contributed by atoms with Crippen LogP contribution in [0.15, 0.2) is 5.10 Å². The van der Waals surface area contributed by atoms with E-state index < -0.39 is 10.8 Å². The molecule has 2 N–H and O–H groups in total. The molecule has 1 aliphatic rings. The Kier molecular flexibility index (Phi) is 1.36. The largest absolute Gasteiger partial charge is 0.479 e. The Labute approximate surface area is 56.3 Å². The molecule has 9 heavy (non-hydrogen) atoms. The van der Waals surface area contributed by atoms with Crippen LogP contribution in [-0.4, -0.2) is 21.5 Å². The summed E-state index contributed by atoms with van der Waals surface area (Å²) in [7, 11) is 0. The molecule has 1 atom stereocenters. The first kappa shape index (κ1) is 6.41. The van der Waals surface area contributed by atoms with Crippen molar-refractivity contribution in [2.24, 2.45) is 5.10 Å². The number of carboxylic acid groups (broad SMARTS) is 1. The molecule has 5 heteroatoms. The fourth-order valence-corrected chi connectivity index (χ4v) is 0.928. The minimum Gasteiger partial charge on any atom is -0.479 e. The van der Waals surface area contributed by atoms with E-state index in [0.717, 1.165) is 11.8 Å². The van der Waals surface area contributed by atoms with Crippen molar-refractivity contribution in [3.63, 3.8) is 0 Å². The minimum absolute atomic E-state index is 0.898. The Balaban J connectivity index is 2.66. The predicted molar refractivity (Wildman–Crippen MR) is 35.3 cm³/mol. The second-order valence-corrected chi connectivity index (χ2v) is 3.07. The van der Waals surface area contributed by atoms with Crippen LogP contribution in [0.3, 0.4) is 0 Å². The Morgan fingerprint density at radius 2 is 2.67 bits per heavy atom. The molecule has 0 saturated heterocycles. The molecular formula is C4H6N2O2S. The average Bonchev–Trinajstić information content (AvgIpc) is 2.16. The maximum absolute atomic E-state index is 10.4. The number of thioether (sulfide) groups is 1. The lowest BCUT2D eigenvalue weighted by molar-refractivity contribution is -0.140. The predicted octanol–water partition coefficient (Wildman–Crippen LogP) is 0.0669. The maximum Gasteiger partial charge on any atom is 0.341 e. The van der Waals surface area contributed by atoms with Gasteiger partial charge in [-0.1, -0.05) is 11.8 Å². The molecule has 0 aromatic carbocycles. The molecule has 0 amide bonds. The third-order valence-electron chi connectivity index (χ3n) is 1.03. The zero-order chi connectivity index (χ0) is 6.91. The number of carboxylic acids is 1. The van der Waals surface area contributed by atoms with Crippen molar-refractivity contribution < 1.29 is 9.90 Å². The molecule has 1 heterocycles. The topological polar surface area (TPSA) is 61.7 Å². The van der Waals surface area contributed by atoms with Gasteiger partial charge in [-0.05, 0) is 6.92 Å². The fraction of sp³-hybridized carbons (Fsp3) is 0.500. The lowest BCUT2D eigenvalue weighted by Crippen LogP contribution is -2.40. The summed E-state index contributed by atoms with van der Waals surface area (Å²) in [6, 6.07) is 0. The summed E-state index contributed by atoms with van der Waals surface area (Å²) < 4.78 is 0. The Bertz CT molecular complexity index is 160. The molecule has 0 radical (unpaired) electrons. The van der Waals surface area contributed by atoms with Gasteiger partial charge in [0.2, 0.25) is 0 Å². The van der Waals surface area contributed by atoms with Gasteiger partial charge in [0.05, 0.1) is 5.55 Å².